The first kappa shape index (κ1) is 17.4. The Bertz CT molecular complexity index is 570. The molecule has 1 heterocycles. The average molecular weight is 328 g/mol. The number of benzene rings is 1. The lowest BCUT2D eigenvalue weighted by Gasteiger charge is -2.46. The van der Waals surface area contributed by atoms with Gasteiger partial charge in [-0.1, -0.05) is 62.8 Å². The van der Waals surface area contributed by atoms with Gasteiger partial charge in [-0.15, -0.1) is 0 Å². The molecule has 1 saturated carbocycles. The SMILES string of the molecule is C=CC1(C2CCCC(C)C2)OCC(C)(/C=C/c2ccccc2)OO1. The summed E-state index contributed by atoms with van der Waals surface area (Å²) in [7, 11) is 0. The molecule has 1 aromatic rings. The molecule has 0 spiro atoms. The van der Waals surface area contributed by atoms with Crippen LogP contribution in [0.25, 0.3) is 6.08 Å². The summed E-state index contributed by atoms with van der Waals surface area (Å²) >= 11 is 0. The van der Waals surface area contributed by atoms with Crippen molar-refractivity contribution in [2.45, 2.75) is 50.9 Å². The largest absolute Gasteiger partial charge is 0.341 e. The Morgan fingerprint density at radius 3 is 2.58 bits per heavy atom. The van der Waals surface area contributed by atoms with E-state index in [9.17, 15) is 0 Å². The highest BCUT2D eigenvalue weighted by Crippen LogP contribution is 2.42. The van der Waals surface area contributed by atoms with Gasteiger partial charge < -0.3 is 4.74 Å². The van der Waals surface area contributed by atoms with Crippen molar-refractivity contribution in [3.8, 4) is 0 Å². The molecular weight excluding hydrogens is 300 g/mol. The number of rotatable bonds is 4. The minimum absolute atomic E-state index is 0.307. The van der Waals surface area contributed by atoms with Crippen LogP contribution in [-0.4, -0.2) is 18.0 Å². The Labute approximate surface area is 145 Å². The van der Waals surface area contributed by atoms with Crippen LogP contribution in [0.3, 0.4) is 0 Å². The Morgan fingerprint density at radius 2 is 1.96 bits per heavy atom. The molecule has 1 aliphatic heterocycles. The fourth-order valence-corrected chi connectivity index (χ4v) is 3.62. The lowest BCUT2D eigenvalue weighted by Crippen LogP contribution is -2.53. The van der Waals surface area contributed by atoms with E-state index in [0.29, 0.717) is 18.4 Å². The van der Waals surface area contributed by atoms with Crippen LogP contribution in [0.5, 0.6) is 0 Å². The van der Waals surface area contributed by atoms with Crippen LogP contribution in [-0.2, 0) is 14.5 Å². The molecule has 3 rings (SSSR count). The summed E-state index contributed by atoms with van der Waals surface area (Å²) in [5.74, 6) is 0.190. The smallest absolute Gasteiger partial charge is 0.223 e. The highest BCUT2D eigenvalue weighted by atomic mass is 17.2. The number of hydrogen-bond donors (Lipinski definition) is 0. The first-order valence-corrected chi connectivity index (χ1v) is 8.94. The summed E-state index contributed by atoms with van der Waals surface area (Å²) < 4.78 is 6.19. The highest BCUT2D eigenvalue weighted by Gasteiger charge is 2.47. The summed E-state index contributed by atoms with van der Waals surface area (Å²) in [6, 6.07) is 10.2. The van der Waals surface area contributed by atoms with Crippen molar-refractivity contribution in [1.29, 1.82) is 0 Å². The van der Waals surface area contributed by atoms with Crippen molar-refractivity contribution in [2.75, 3.05) is 6.61 Å². The Morgan fingerprint density at radius 1 is 1.17 bits per heavy atom. The van der Waals surface area contributed by atoms with Crippen molar-refractivity contribution in [2.24, 2.45) is 11.8 Å². The van der Waals surface area contributed by atoms with Crippen molar-refractivity contribution >= 4 is 6.08 Å². The molecule has 3 heteroatoms. The number of ether oxygens (including phenoxy) is 1. The second-order valence-electron chi connectivity index (χ2n) is 7.41. The molecule has 4 atom stereocenters. The van der Waals surface area contributed by atoms with Crippen molar-refractivity contribution in [1.82, 2.24) is 0 Å². The van der Waals surface area contributed by atoms with E-state index in [4.69, 9.17) is 14.5 Å². The molecule has 24 heavy (non-hydrogen) atoms. The maximum Gasteiger partial charge on any atom is 0.223 e. The van der Waals surface area contributed by atoms with E-state index < -0.39 is 11.4 Å². The van der Waals surface area contributed by atoms with Crippen LogP contribution in [0.1, 0.15) is 45.1 Å². The van der Waals surface area contributed by atoms with Crippen LogP contribution in [0, 0.1) is 11.8 Å². The minimum Gasteiger partial charge on any atom is -0.341 e. The maximum atomic E-state index is 6.19. The van der Waals surface area contributed by atoms with Gasteiger partial charge in [0.2, 0.25) is 5.79 Å². The quantitative estimate of drug-likeness (QED) is 0.565. The summed E-state index contributed by atoms with van der Waals surface area (Å²) in [5.41, 5.74) is 0.534. The third-order valence-electron chi connectivity index (χ3n) is 5.16. The standard InChI is InChI=1S/C21H28O3/c1-4-21(19-12-8-9-17(2)15-19)22-16-20(3,23-24-21)14-13-18-10-6-5-7-11-18/h4-7,10-11,13-14,17,19H,1,8-9,12,15-16H2,2-3H3/b14-13+. The summed E-state index contributed by atoms with van der Waals surface area (Å²) in [4.78, 5) is 11.6. The van der Waals surface area contributed by atoms with E-state index in [0.717, 1.165) is 18.4 Å². The molecule has 4 unspecified atom stereocenters. The van der Waals surface area contributed by atoms with Gasteiger partial charge in [0.05, 0.1) is 6.61 Å². The van der Waals surface area contributed by atoms with Crippen molar-refractivity contribution in [3.63, 3.8) is 0 Å². The lowest BCUT2D eigenvalue weighted by molar-refractivity contribution is -0.498. The third-order valence-corrected chi connectivity index (χ3v) is 5.16. The van der Waals surface area contributed by atoms with Gasteiger partial charge in [-0.25, -0.2) is 4.89 Å². The lowest BCUT2D eigenvalue weighted by atomic mass is 9.77. The van der Waals surface area contributed by atoms with Gasteiger partial charge in [-0.05, 0) is 43.4 Å². The molecule has 2 fully saturated rings. The Kier molecular flexibility index (Phi) is 5.24. The average Bonchev–Trinajstić information content (AvgIpc) is 2.62. The summed E-state index contributed by atoms with van der Waals surface area (Å²) in [5, 5.41) is 0. The van der Waals surface area contributed by atoms with Gasteiger partial charge in [-0.2, -0.15) is 4.89 Å². The van der Waals surface area contributed by atoms with E-state index in [2.05, 4.69) is 25.6 Å². The molecule has 0 radical (unpaired) electrons. The van der Waals surface area contributed by atoms with E-state index in [1.54, 1.807) is 6.08 Å². The van der Waals surface area contributed by atoms with Crippen LogP contribution >= 0.6 is 0 Å². The molecule has 0 aromatic heterocycles. The van der Waals surface area contributed by atoms with Crippen LogP contribution in [0.4, 0.5) is 0 Å². The van der Waals surface area contributed by atoms with Crippen LogP contribution in [0.2, 0.25) is 0 Å². The normalized spacial score (nSPS) is 37.4. The molecule has 3 nitrogen and oxygen atoms in total. The maximum absolute atomic E-state index is 6.19. The van der Waals surface area contributed by atoms with Crippen molar-refractivity contribution < 1.29 is 14.5 Å². The predicted octanol–water partition coefficient (Wildman–Crippen LogP) is 5.15. The molecule has 0 amide bonds. The molecule has 130 valence electrons. The number of hydrogen-bond acceptors (Lipinski definition) is 3. The van der Waals surface area contributed by atoms with Crippen LogP contribution < -0.4 is 0 Å². The first-order valence-electron chi connectivity index (χ1n) is 8.94. The highest BCUT2D eigenvalue weighted by molar-refractivity contribution is 5.50. The fraction of sp³-hybridized carbons (Fsp3) is 0.524. The van der Waals surface area contributed by atoms with Crippen molar-refractivity contribution in [3.05, 3.63) is 54.6 Å². The molecule has 1 saturated heterocycles. The van der Waals surface area contributed by atoms with Gasteiger partial charge >= 0.3 is 0 Å². The van der Waals surface area contributed by atoms with Gasteiger partial charge in [0, 0.05) is 5.92 Å². The first-order chi connectivity index (χ1) is 11.6. The van der Waals surface area contributed by atoms with Crippen LogP contribution in [0.15, 0.2) is 49.1 Å². The zero-order valence-electron chi connectivity index (χ0n) is 14.7. The zero-order chi connectivity index (χ0) is 17.0. The van der Waals surface area contributed by atoms with E-state index in [1.165, 1.54) is 12.8 Å². The predicted molar refractivity (Wildman–Crippen MR) is 96.1 cm³/mol. The summed E-state index contributed by atoms with van der Waals surface area (Å²) in [6.07, 6.45) is 10.5. The van der Waals surface area contributed by atoms with E-state index in [-0.39, 0.29) is 0 Å². The topological polar surface area (TPSA) is 27.7 Å². The van der Waals surface area contributed by atoms with Gasteiger partial charge in [0.1, 0.15) is 5.60 Å². The molecule has 0 N–H and O–H groups in total. The molecule has 2 aliphatic rings. The molecule has 1 aliphatic carbocycles. The molecule has 0 bridgehead atoms. The molecular formula is C21H28O3. The van der Waals surface area contributed by atoms with E-state index in [1.807, 2.05) is 37.3 Å². The van der Waals surface area contributed by atoms with Gasteiger partial charge in [0.25, 0.3) is 0 Å². The second kappa shape index (κ2) is 7.22. The summed E-state index contributed by atoms with van der Waals surface area (Å²) in [6.45, 7) is 8.67. The zero-order valence-corrected chi connectivity index (χ0v) is 14.7. The van der Waals surface area contributed by atoms with E-state index >= 15 is 0 Å². The Balaban J connectivity index is 1.66. The monoisotopic (exact) mass is 328 g/mol. The van der Waals surface area contributed by atoms with Gasteiger partial charge in [0.15, 0.2) is 0 Å². The fourth-order valence-electron chi connectivity index (χ4n) is 3.62. The Hall–Kier alpha value is -1.42. The third kappa shape index (κ3) is 3.80. The molecule has 1 aromatic carbocycles. The van der Waals surface area contributed by atoms with Gasteiger partial charge in [-0.3, -0.25) is 0 Å². The minimum atomic E-state index is -0.811. The second-order valence-corrected chi connectivity index (χ2v) is 7.41.